The van der Waals surface area contributed by atoms with Gasteiger partial charge in [0.1, 0.15) is 5.75 Å². The molecule has 0 spiro atoms. The van der Waals surface area contributed by atoms with Gasteiger partial charge in [-0.1, -0.05) is 48.9 Å². The van der Waals surface area contributed by atoms with Crippen LogP contribution in [0.3, 0.4) is 0 Å². The number of rotatable bonds is 4. The molecule has 1 nitrogen and oxygen atoms in total. The van der Waals surface area contributed by atoms with E-state index in [0.717, 1.165) is 12.8 Å². The van der Waals surface area contributed by atoms with E-state index in [0.29, 0.717) is 11.7 Å². The third kappa shape index (κ3) is 3.13. The Morgan fingerprint density at radius 3 is 2.11 bits per heavy atom. The number of benzene rings is 2. The summed E-state index contributed by atoms with van der Waals surface area (Å²) in [4.78, 5) is 0. The molecule has 1 atom stereocenters. The van der Waals surface area contributed by atoms with Crippen molar-refractivity contribution < 1.29 is 5.11 Å². The zero-order chi connectivity index (χ0) is 13.0. The van der Waals surface area contributed by atoms with Crippen LogP contribution < -0.4 is 0 Å². The summed E-state index contributed by atoms with van der Waals surface area (Å²) in [5, 5.41) is 9.33. The molecule has 0 bridgehead atoms. The van der Waals surface area contributed by atoms with Gasteiger partial charge in [-0.15, -0.1) is 0 Å². The summed E-state index contributed by atoms with van der Waals surface area (Å²) in [5.74, 6) is 0.859. The Morgan fingerprint density at radius 2 is 1.56 bits per heavy atom. The highest BCUT2D eigenvalue weighted by Crippen LogP contribution is 2.25. The quantitative estimate of drug-likeness (QED) is 0.837. The van der Waals surface area contributed by atoms with E-state index in [9.17, 15) is 5.11 Å². The summed E-state index contributed by atoms with van der Waals surface area (Å²) >= 11 is 0. The minimum atomic E-state index is 0.337. The molecule has 0 aliphatic rings. The molecule has 0 aromatic heterocycles. The zero-order valence-corrected chi connectivity index (χ0v) is 11.1. The Bertz CT molecular complexity index is 482. The lowest BCUT2D eigenvalue weighted by atomic mass is 9.90. The fourth-order valence-corrected chi connectivity index (χ4v) is 2.25. The van der Waals surface area contributed by atoms with Gasteiger partial charge in [-0.05, 0) is 48.9 Å². The summed E-state index contributed by atoms with van der Waals surface area (Å²) < 4.78 is 0. The van der Waals surface area contributed by atoms with E-state index in [4.69, 9.17) is 0 Å². The van der Waals surface area contributed by atoms with Crippen molar-refractivity contribution in [2.24, 2.45) is 0 Å². The van der Waals surface area contributed by atoms with Crippen molar-refractivity contribution in [2.45, 2.75) is 32.6 Å². The van der Waals surface area contributed by atoms with Gasteiger partial charge in [0.25, 0.3) is 0 Å². The number of phenols is 1. The molecule has 0 amide bonds. The summed E-state index contributed by atoms with van der Waals surface area (Å²) in [6.07, 6.45) is 2.17. The third-order valence-corrected chi connectivity index (χ3v) is 3.46. The lowest BCUT2D eigenvalue weighted by Gasteiger charge is -2.15. The van der Waals surface area contributed by atoms with Gasteiger partial charge in [-0.2, -0.15) is 0 Å². The average molecular weight is 240 g/mol. The van der Waals surface area contributed by atoms with Gasteiger partial charge < -0.3 is 5.11 Å². The number of hydrogen-bond donors (Lipinski definition) is 1. The first-order valence-electron chi connectivity index (χ1n) is 6.53. The number of aryl methyl sites for hydroxylation is 1. The van der Waals surface area contributed by atoms with Crippen molar-refractivity contribution >= 4 is 0 Å². The zero-order valence-electron chi connectivity index (χ0n) is 11.1. The molecule has 0 radical (unpaired) electrons. The van der Waals surface area contributed by atoms with Crippen LogP contribution in [0.25, 0.3) is 0 Å². The van der Waals surface area contributed by atoms with Gasteiger partial charge in [-0.3, -0.25) is 0 Å². The van der Waals surface area contributed by atoms with Crippen molar-refractivity contribution in [1.82, 2.24) is 0 Å². The van der Waals surface area contributed by atoms with E-state index in [1.807, 2.05) is 12.1 Å². The standard InChI is InChI=1S/C17H20O/c1-3-15(16-8-10-17(18)11-9-16)12-14-6-4-13(2)5-7-14/h4-11,15,18H,3,12H2,1-2H3. The predicted molar refractivity (Wildman–Crippen MR) is 76.0 cm³/mol. The molecular formula is C17H20O. The number of aromatic hydroxyl groups is 1. The van der Waals surface area contributed by atoms with Gasteiger partial charge in [0.2, 0.25) is 0 Å². The summed E-state index contributed by atoms with van der Waals surface area (Å²) in [6.45, 7) is 4.33. The second-order valence-electron chi connectivity index (χ2n) is 4.89. The fraction of sp³-hybridized carbons (Fsp3) is 0.294. The van der Waals surface area contributed by atoms with Crippen LogP contribution in [0.1, 0.15) is 36.0 Å². The van der Waals surface area contributed by atoms with Gasteiger partial charge in [0, 0.05) is 0 Å². The molecule has 2 aromatic carbocycles. The molecule has 2 aromatic rings. The van der Waals surface area contributed by atoms with Crippen molar-refractivity contribution in [2.75, 3.05) is 0 Å². The molecule has 2 rings (SSSR count). The highest BCUT2D eigenvalue weighted by Gasteiger charge is 2.10. The second-order valence-corrected chi connectivity index (χ2v) is 4.89. The van der Waals surface area contributed by atoms with Crippen LogP contribution in [0.15, 0.2) is 48.5 Å². The Morgan fingerprint density at radius 1 is 0.944 bits per heavy atom. The highest BCUT2D eigenvalue weighted by molar-refractivity contribution is 5.30. The van der Waals surface area contributed by atoms with Crippen LogP contribution in [-0.2, 0) is 6.42 Å². The predicted octanol–water partition coefficient (Wildman–Crippen LogP) is 4.44. The van der Waals surface area contributed by atoms with Crippen molar-refractivity contribution in [1.29, 1.82) is 0 Å². The molecule has 0 fully saturated rings. The Hall–Kier alpha value is -1.76. The summed E-state index contributed by atoms with van der Waals surface area (Å²) in [5.41, 5.74) is 3.98. The third-order valence-electron chi connectivity index (χ3n) is 3.46. The van der Waals surface area contributed by atoms with E-state index >= 15 is 0 Å². The molecule has 18 heavy (non-hydrogen) atoms. The van der Waals surface area contributed by atoms with Crippen LogP contribution in [0.4, 0.5) is 0 Å². The highest BCUT2D eigenvalue weighted by atomic mass is 16.3. The minimum absolute atomic E-state index is 0.337. The van der Waals surface area contributed by atoms with Crippen molar-refractivity contribution in [3.05, 3.63) is 65.2 Å². The number of hydrogen-bond acceptors (Lipinski definition) is 1. The average Bonchev–Trinajstić information content (AvgIpc) is 2.39. The van der Waals surface area contributed by atoms with Crippen LogP contribution >= 0.6 is 0 Å². The van der Waals surface area contributed by atoms with Gasteiger partial charge in [-0.25, -0.2) is 0 Å². The Kier molecular flexibility index (Phi) is 4.03. The molecule has 1 N–H and O–H groups in total. The SMILES string of the molecule is CCC(Cc1ccc(C)cc1)c1ccc(O)cc1. The Labute approximate surface area is 109 Å². The molecule has 0 saturated heterocycles. The first kappa shape index (κ1) is 12.7. The van der Waals surface area contributed by atoms with E-state index in [1.165, 1.54) is 16.7 Å². The second kappa shape index (κ2) is 5.72. The molecule has 0 aliphatic carbocycles. The molecule has 94 valence electrons. The molecule has 0 aliphatic heterocycles. The summed E-state index contributed by atoms with van der Waals surface area (Å²) in [6, 6.07) is 16.3. The molecule has 0 heterocycles. The topological polar surface area (TPSA) is 20.2 Å². The molecule has 1 unspecified atom stereocenters. The lowest BCUT2D eigenvalue weighted by molar-refractivity contribution is 0.474. The van der Waals surface area contributed by atoms with Crippen LogP contribution in [-0.4, -0.2) is 5.11 Å². The smallest absolute Gasteiger partial charge is 0.115 e. The van der Waals surface area contributed by atoms with Gasteiger partial charge in [0.05, 0.1) is 0 Å². The first-order valence-corrected chi connectivity index (χ1v) is 6.53. The normalized spacial score (nSPS) is 12.3. The van der Waals surface area contributed by atoms with Gasteiger partial charge >= 0.3 is 0 Å². The summed E-state index contributed by atoms with van der Waals surface area (Å²) in [7, 11) is 0. The van der Waals surface area contributed by atoms with E-state index in [1.54, 1.807) is 12.1 Å². The van der Waals surface area contributed by atoms with Crippen LogP contribution in [0, 0.1) is 6.92 Å². The van der Waals surface area contributed by atoms with Crippen LogP contribution in [0.2, 0.25) is 0 Å². The Balaban J connectivity index is 2.14. The maximum absolute atomic E-state index is 9.33. The van der Waals surface area contributed by atoms with Crippen molar-refractivity contribution in [3.63, 3.8) is 0 Å². The first-order chi connectivity index (χ1) is 8.69. The largest absolute Gasteiger partial charge is 0.508 e. The maximum Gasteiger partial charge on any atom is 0.115 e. The molecule has 1 heteroatoms. The van der Waals surface area contributed by atoms with E-state index in [-0.39, 0.29) is 0 Å². The van der Waals surface area contributed by atoms with Gasteiger partial charge in [0.15, 0.2) is 0 Å². The fourth-order valence-electron chi connectivity index (χ4n) is 2.25. The maximum atomic E-state index is 9.33. The van der Waals surface area contributed by atoms with E-state index in [2.05, 4.69) is 38.1 Å². The van der Waals surface area contributed by atoms with E-state index < -0.39 is 0 Å². The molecular weight excluding hydrogens is 220 g/mol. The van der Waals surface area contributed by atoms with Crippen molar-refractivity contribution in [3.8, 4) is 5.75 Å². The minimum Gasteiger partial charge on any atom is -0.508 e. The molecule has 0 saturated carbocycles. The van der Waals surface area contributed by atoms with Crippen LogP contribution in [0.5, 0.6) is 5.75 Å². The lowest BCUT2D eigenvalue weighted by Crippen LogP contribution is -2.01. The monoisotopic (exact) mass is 240 g/mol. The number of phenolic OH excluding ortho intramolecular Hbond substituents is 1.